The number of ether oxygens (including phenoxy) is 1. The van der Waals surface area contributed by atoms with Crippen molar-refractivity contribution in [3.8, 4) is 11.1 Å². The first-order chi connectivity index (χ1) is 13.7. The number of rotatable bonds is 6. The summed E-state index contributed by atoms with van der Waals surface area (Å²) in [6.45, 7) is 4.48. The van der Waals surface area contributed by atoms with E-state index in [1.807, 2.05) is 36.5 Å². The van der Waals surface area contributed by atoms with E-state index >= 15 is 0 Å². The van der Waals surface area contributed by atoms with E-state index in [2.05, 4.69) is 9.82 Å². The first kappa shape index (κ1) is 21.3. The minimum absolute atomic E-state index is 0.249. The standard InChI is InChI=1S/C20H28N4O4S/c1-15(2)28-20(25)24-11-7-10-18(22-29(3,26)27)19(24)14-23-13-17(12-21-23)16-8-5-4-6-9-16/h4-6,8-9,12-13,15,18-19,22H,7,10-11,14H2,1-3H3. The molecule has 9 heteroatoms. The molecular formula is C20H28N4O4S. The van der Waals surface area contributed by atoms with Crippen LogP contribution in [0.15, 0.2) is 42.7 Å². The molecule has 29 heavy (non-hydrogen) atoms. The summed E-state index contributed by atoms with van der Waals surface area (Å²) >= 11 is 0. The molecule has 1 aliphatic rings. The Hall–Kier alpha value is -2.39. The molecule has 1 fully saturated rings. The lowest BCUT2D eigenvalue weighted by Gasteiger charge is -2.40. The minimum Gasteiger partial charge on any atom is -0.447 e. The number of benzene rings is 1. The summed E-state index contributed by atoms with van der Waals surface area (Å²) in [6.07, 6.45) is 5.49. The third kappa shape index (κ3) is 5.80. The van der Waals surface area contributed by atoms with Gasteiger partial charge in [-0.25, -0.2) is 17.9 Å². The van der Waals surface area contributed by atoms with Crippen molar-refractivity contribution in [2.24, 2.45) is 0 Å². The quantitative estimate of drug-likeness (QED) is 0.775. The number of aromatic nitrogens is 2. The summed E-state index contributed by atoms with van der Waals surface area (Å²) in [5, 5.41) is 4.43. The van der Waals surface area contributed by atoms with Crippen LogP contribution in [0.2, 0.25) is 0 Å². The van der Waals surface area contributed by atoms with Crippen molar-refractivity contribution >= 4 is 16.1 Å². The molecule has 1 amide bonds. The fraction of sp³-hybridized carbons (Fsp3) is 0.500. The molecule has 2 atom stereocenters. The lowest BCUT2D eigenvalue weighted by atomic mass is 9.97. The zero-order valence-electron chi connectivity index (χ0n) is 17.0. The maximum atomic E-state index is 12.6. The predicted molar refractivity (Wildman–Crippen MR) is 111 cm³/mol. The van der Waals surface area contributed by atoms with E-state index in [0.717, 1.165) is 17.4 Å². The first-order valence-corrected chi connectivity index (χ1v) is 11.6. The van der Waals surface area contributed by atoms with Crippen molar-refractivity contribution in [3.63, 3.8) is 0 Å². The fourth-order valence-corrected chi connectivity index (χ4v) is 4.45. The summed E-state index contributed by atoms with van der Waals surface area (Å²) in [5.74, 6) is 0. The topological polar surface area (TPSA) is 93.5 Å². The summed E-state index contributed by atoms with van der Waals surface area (Å²) < 4.78 is 33.6. The molecular weight excluding hydrogens is 392 g/mol. The van der Waals surface area contributed by atoms with Crippen molar-refractivity contribution in [1.29, 1.82) is 0 Å². The number of amides is 1. The van der Waals surface area contributed by atoms with Gasteiger partial charge in [0.2, 0.25) is 10.0 Å². The Morgan fingerprint density at radius 3 is 2.66 bits per heavy atom. The van der Waals surface area contributed by atoms with Gasteiger partial charge in [0, 0.05) is 24.3 Å². The molecule has 0 aliphatic carbocycles. The maximum Gasteiger partial charge on any atom is 0.410 e. The van der Waals surface area contributed by atoms with E-state index in [0.29, 0.717) is 25.9 Å². The molecule has 1 aromatic carbocycles. The second-order valence-corrected chi connectivity index (χ2v) is 9.43. The van der Waals surface area contributed by atoms with Crippen molar-refractivity contribution in [2.45, 2.75) is 51.4 Å². The highest BCUT2D eigenvalue weighted by Crippen LogP contribution is 2.23. The Bertz CT molecular complexity index is 927. The Balaban J connectivity index is 1.84. The van der Waals surface area contributed by atoms with Gasteiger partial charge in [0.05, 0.1) is 31.1 Å². The summed E-state index contributed by atoms with van der Waals surface area (Å²) in [4.78, 5) is 14.3. The van der Waals surface area contributed by atoms with E-state index in [-0.39, 0.29) is 6.10 Å². The van der Waals surface area contributed by atoms with Crippen LogP contribution in [0.25, 0.3) is 11.1 Å². The molecule has 1 aliphatic heterocycles. The fourth-order valence-electron chi connectivity index (χ4n) is 3.63. The average molecular weight is 421 g/mol. The smallest absolute Gasteiger partial charge is 0.410 e. The molecule has 2 aromatic rings. The molecule has 0 bridgehead atoms. The van der Waals surface area contributed by atoms with Crippen LogP contribution in [0, 0.1) is 0 Å². The molecule has 1 N–H and O–H groups in total. The number of carbonyl (C=O) groups excluding carboxylic acids is 1. The van der Waals surface area contributed by atoms with E-state index in [4.69, 9.17) is 4.74 Å². The minimum atomic E-state index is -3.42. The molecule has 158 valence electrons. The van der Waals surface area contributed by atoms with Crippen LogP contribution < -0.4 is 4.72 Å². The number of likely N-dealkylation sites (tertiary alicyclic amines) is 1. The molecule has 0 radical (unpaired) electrons. The van der Waals surface area contributed by atoms with Gasteiger partial charge >= 0.3 is 6.09 Å². The van der Waals surface area contributed by atoms with Crippen LogP contribution in [-0.2, 0) is 21.3 Å². The molecule has 1 saturated heterocycles. The number of carbonyl (C=O) groups is 1. The Kier molecular flexibility index (Phi) is 6.59. The van der Waals surface area contributed by atoms with E-state index in [9.17, 15) is 13.2 Å². The highest BCUT2D eigenvalue weighted by atomic mass is 32.2. The van der Waals surface area contributed by atoms with E-state index in [1.54, 1.807) is 29.6 Å². The lowest BCUT2D eigenvalue weighted by Crippen LogP contribution is -2.58. The average Bonchev–Trinajstić information content (AvgIpc) is 3.10. The molecule has 0 spiro atoms. The van der Waals surface area contributed by atoms with Crippen LogP contribution in [-0.4, -0.2) is 60.2 Å². The second kappa shape index (κ2) is 8.96. The van der Waals surface area contributed by atoms with E-state index in [1.165, 1.54) is 0 Å². The molecule has 2 heterocycles. The van der Waals surface area contributed by atoms with E-state index < -0.39 is 28.2 Å². The molecule has 1 aromatic heterocycles. The first-order valence-electron chi connectivity index (χ1n) is 9.75. The predicted octanol–water partition coefficient (Wildman–Crippen LogP) is 2.48. The summed E-state index contributed by atoms with van der Waals surface area (Å²) in [5.41, 5.74) is 2.01. The Labute approximate surface area is 171 Å². The molecule has 2 unspecified atom stereocenters. The van der Waals surface area contributed by atoms with Crippen LogP contribution in [0.3, 0.4) is 0 Å². The second-order valence-electron chi connectivity index (χ2n) is 7.65. The highest BCUT2D eigenvalue weighted by Gasteiger charge is 2.37. The largest absolute Gasteiger partial charge is 0.447 e. The van der Waals surface area contributed by atoms with Crippen LogP contribution >= 0.6 is 0 Å². The van der Waals surface area contributed by atoms with Gasteiger partial charge in [0.25, 0.3) is 0 Å². The van der Waals surface area contributed by atoms with Crippen molar-refractivity contribution in [2.75, 3.05) is 12.8 Å². The monoisotopic (exact) mass is 420 g/mol. The van der Waals surface area contributed by atoms with Gasteiger partial charge < -0.3 is 9.64 Å². The summed E-state index contributed by atoms with van der Waals surface area (Å²) in [7, 11) is -3.42. The molecule has 8 nitrogen and oxygen atoms in total. The van der Waals surface area contributed by atoms with Gasteiger partial charge in [-0.1, -0.05) is 30.3 Å². The number of hydrogen-bond acceptors (Lipinski definition) is 5. The number of hydrogen-bond donors (Lipinski definition) is 1. The van der Waals surface area contributed by atoms with Crippen LogP contribution in [0.1, 0.15) is 26.7 Å². The Morgan fingerprint density at radius 1 is 1.28 bits per heavy atom. The zero-order chi connectivity index (χ0) is 21.0. The van der Waals surface area contributed by atoms with Gasteiger partial charge in [-0.15, -0.1) is 0 Å². The SMILES string of the molecule is CC(C)OC(=O)N1CCCC(NS(C)(=O)=O)C1Cn1cc(-c2ccccc2)cn1. The maximum absolute atomic E-state index is 12.6. The van der Waals surface area contributed by atoms with Crippen LogP contribution in [0.4, 0.5) is 4.79 Å². The summed E-state index contributed by atoms with van der Waals surface area (Å²) in [6, 6.07) is 9.09. The third-order valence-corrected chi connectivity index (χ3v) is 5.56. The molecule has 3 rings (SSSR count). The van der Waals surface area contributed by atoms with Crippen molar-refractivity contribution in [1.82, 2.24) is 19.4 Å². The van der Waals surface area contributed by atoms with Gasteiger partial charge in [0.15, 0.2) is 0 Å². The van der Waals surface area contributed by atoms with Crippen molar-refractivity contribution < 1.29 is 17.9 Å². The van der Waals surface area contributed by atoms with Gasteiger partial charge in [-0.3, -0.25) is 4.68 Å². The number of nitrogens with one attached hydrogen (secondary N) is 1. The van der Waals surface area contributed by atoms with Gasteiger partial charge in [-0.2, -0.15) is 5.10 Å². The van der Waals surface area contributed by atoms with Gasteiger partial charge in [0.1, 0.15) is 0 Å². The van der Waals surface area contributed by atoms with Gasteiger partial charge in [-0.05, 0) is 32.3 Å². The normalized spacial score (nSPS) is 20.1. The molecule has 0 saturated carbocycles. The zero-order valence-corrected chi connectivity index (χ0v) is 17.8. The van der Waals surface area contributed by atoms with Crippen LogP contribution in [0.5, 0.6) is 0 Å². The van der Waals surface area contributed by atoms with Crippen molar-refractivity contribution in [3.05, 3.63) is 42.7 Å². The lowest BCUT2D eigenvalue weighted by molar-refractivity contribution is 0.0410. The highest BCUT2D eigenvalue weighted by molar-refractivity contribution is 7.88. The number of piperidine rings is 1. The third-order valence-electron chi connectivity index (χ3n) is 4.83. The number of nitrogens with zero attached hydrogens (tertiary/aromatic N) is 3. The number of sulfonamides is 1. The Morgan fingerprint density at radius 2 is 2.00 bits per heavy atom.